The van der Waals surface area contributed by atoms with E-state index in [1.54, 1.807) is 12.1 Å². The van der Waals surface area contributed by atoms with Crippen LogP contribution in [0.2, 0.25) is 0 Å². The van der Waals surface area contributed by atoms with Crippen LogP contribution in [0.3, 0.4) is 0 Å². The van der Waals surface area contributed by atoms with Crippen molar-refractivity contribution in [3.05, 3.63) is 46.9 Å². The van der Waals surface area contributed by atoms with E-state index < -0.39 is 28.4 Å². The van der Waals surface area contributed by atoms with Gasteiger partial charge < -0.3 is 28.4 Å². The SMILES string of the molecule is COc1cc(OC)c(C=CS(=O)(=O)Cc2ccc(OC)c(OC(=O)COC(C)=O)c2)c(OC)c1. The molecule has 184 valence electrons. The average molecular weight is 495 g/mol. The molecule has 0 unspecified atom stereocenters. The number of sulfone groups is 1. The number of carbonyl (C=O) groups is 2. The van der Waals surface area contributed by atoms with Crippen LogP contribution in [0.1, 0.15) is 18.1 Å². The number of esters is 2. The monoisotopic (exact) mass is 494 g/mol. The van der Waals surface area contributed by atoms with Crippen molar-refractivity contribution in [1.29, 1.82) is 0 Å². The first kappa shape index (κ1) is 26.5. The Morgan fingerprint density at radius 1 is 0.853 bits per heavy atom. The van der Waals surface area contributed by atoms with Crippen molar-refractivity contribution in [3.8, 4) is 28.7 Å². The van der Waals surface area contributed by atoms with Crippen LogP contribution in [-0.2, 0) is 29.9 Å². The third kappa shape index (κ3) is 7.41. The maximum atomic E-state index is 12.8. The molecule has 10 nitrogen and oxygen atoms in total. The van der Waals surface area contributed by atoms with Gasteiger partial charge in [-0.15, -0.1) is 0 Å². The fourth-order valence-corrected chi connectivity index (χ4v) is 3.94. The molecule has 0 bridgehead atoms. The Morgan fingerprint density at radius 3 is 2.00 bits per heavy atom. The molecule has 0 heterocycles. The van der Waals surface area contributed by atoms with Crippen LogP contribution >= 0.6 is 0 Å². The summed E-state index contributed by atoms with van der Waals surface area (Å²) in [5, 5.41) is 1.04. The summed E-state index contributed by atoms with van der Waals surface area (Å²) < 4.78 is 56.3. The summed E-state index contributed by atoms with van der Waals surface area (Å²) in [6, 6.07) is 7.58. The van der Waals surface area contributed by atoms with Crippen molar-refractivity contribution in [1.82, 2.24) is 0 Å². The Bertz CT molecular complexity index is 1140. The number of benzene rings is 2. The zero-order chi connectivity index (χ0) is 25.3. The molecule has 0 spiro atoms. The topological polar surface area (TPSA) is 124 Å². The van der Waals surface area contributed by atoms with Crippen LogP contribution in [0.15, 0.2) is 35.7 Å². The average Bonchev–Trinajstić information content (AvgIpc) is 2.80. The van der Waals surface area contributed by atoms with Crippen molar-refractivity contribution < 1.29 is 46.4 Å². The summed E-state index contributed by atoms with van der Waals surface area (Å²) in [4.78, 5) is 22.8. The second kappa shape index (κ2) is 11.9. The first-order valence-electron chi connectivity index (χ1n) is 9.84. The smallest absolute Gasteiger partial charge is 0.349 e. The lowest BCUT2D eigenvalue weighted by Crippen LogP contribution is -2.18. The van der Waals surface area contributed by atoms with Gasteiger partial charge in [0.05, 0.1) is 39.8 Å². The molecule has 0 saturated heterocycles. The minimum atomic E-state index is -3.76. The van der Waals surface area contributed by atoms with Crippen LogP contribution in [0.25, 0.3) is 6.08 Å². The lowest BCUT2D eigenvalue weighted by atomic mass is 10.1. The molecule has 0 aliphatic rings. The highest BCUT2D eigenvalue weighted by atomic mass is 32.2. The first-order valence-corrected chi connectivity index (χ1v) is 11.6. The molecule has 2 aromatic carbocycles. The van der Waals surface area contributed by atoms with Gasteiger partial charge in [0.15, 0.2) is 27.9 Å². The largest absolute Gasteiger partial charge is 0.496 e. The van der Waals surface area contributed by atoms with E-state index in [2.05, 4.69) is 4.74 Å². The van der Waals surface area contributed by atoms with Gasteiger partial charge in [-0.25, -0.2) is 13.2 Å². The molecule has 34 heavy (non-hydrogen) atoms. The molecule has 0 amide bonds. The summed E-state index contributed by atoms with van der Waals surface area (Å²) in [5.41, 5.74) is 0.763. The van der Waals surface area contributed by atoms with Crippen LogP contribution in [0.4, 0.5) is 0 Å². The fourth-order valence-electron chi connectivity index (χ4n) is 2.85. The van der Waals surface area contributed by atoms with Gasteiger partial charge in [0.1, 0.15) is 17.2 Å². The predicted molar refractivity (Wildman–Crippen MR) is 123 cm³/mol. The maximum absolute atomic E-state index is 12.8. The molecule has 0 saturated carbocycles. The lowest BCUT2D eigenvalue weighted by Gasteiger charge is -2.13. The number of methoxy groups -OCH3 is 4. The molecule has 0 N–H and O–H groups in total. The minimum Gasteiger partial charge on any atom is -0.496 e. The van der Waals surface area contributed by atoms with E-state index in [9.17, 15) is 18.0 Å². The number of hydrogen-bond acceptors (Lipinski definition) is 10. The number of carbonyl (C=O) groups excluding carboxylic acids is 2. The van der Waals surface area contributed by atoms with Gasteiger partial charge in [-0.1, -0.05) is 6.07 Å². The fraction of sp³-hybridized carbons (Fsp3) is 0.304. The number of ether oxygens (including phenoxy) is 6. The van der Waals surface area contributed by atoms with Gasteiger partial charge in [-0.2, -0.15) is 0 Å². The molecule has 0 fully saturated rings. The highest BCUT2D eigenvalue weighted by molar-refractivity contribution is 7.93. The number of hydrogen-bond donors (Lipinski definition) is 0. The van der Waals surface area contributed by atoms with E-state index in [1.165, 1.54) is 52.7 Å². The van der Waals surface area contributed by atoms with E-state index in [4.69, 9.17) is 23.7 Å². The third-order valence-electron chi connectivity index (χ3n) is 4.41. The number of rotatable bonds is 11. The third-order valence-corrected chi connectivity index (χ3v) is 5.69. The Kier molecular flexibility index (Phi) is 9.31. The molecule has 0 aromatic heterocycles. The Labute approximate surface area is 197 Å². The van der Waals surface area contributed by atoms with Crippen molar-refractivity contribution in [3.63, 3.8) is 0 Å². The van der Waals surface area contributed by atoms with Crippen LogP contribution in [0, 0.1) is 0 Å². The molecular formula is C23H26O10S. The molecule has 11 heteroatoms. The molecule has 2 aromatic rings. The zero-order valence-electron chi connectivity index (χ0n) is 19.4. The molecule has 2 rings (SSSR count). The molecular weight excluding hydrogens is 468 g/mol. The normalized spacial score (nSPS) is 11.1. The highest BCUT2D eigenvalue weighted by Crippen LogP contribution is 2.35. The van der Waals surface area contributed by atoms with Crippen molar-refractivity contribution in [2.75, 3.05) is 35.0 Å². The van der Waals surface area contributed by atoms with Crippen molar-refractivity contribution in [2.24, 2.45) is 0 Å². The van der Waals surface area contributed by atoms with Crippen LogP contribution in [-0.4, -0.2) is 55.4 Å². The van der Waals surface area contributed by atoms with Crippen molar-refractivity contribution in [2.45, 2.75) is 12.7 Å². The van der Waals surface area contributed by atoms with Gasteiger partial charge >= 0.3 is 11.9 Å². The summed E-state index contributed by atoms with van der Waals surface area (Å²) in [5.74, 6) is -0.433. The quantitative estimate of drug-likeness (QED) is 0.340. The van der Waals surface area contributed by atoms with E-state index in [0.717, 1.165) is 12.3 Å². The lowest BCUT2D eigenvalue weighted by molar-refractivity contribution is -0.152. The Balaban J connectivity index is 2.27. The van der Waals surface area contributed by atoms with Gasteiger partial charge in [0.25, 0.3) is 0 Å². The van der Waals surface area contributed by atoms with Gasteiger partial charge in [0, 0.05) is 24.5 Å². The van der Waals surface area contributed by atoms with Gasteiger partial charge in [-0.05, 0) is 23.8 Å². The van der Waals surface area contributed by atoms with Gasteiger partial charge in [0.2, 0.25) is 0 Å². The summed E-state index contributed by atoms with van der Waals surface area (Å²) in [6.07, 6.45) is 1.37. The van der Waals surface area contributed by atoms with Crippen LogP contribution < -0.4 is 23.7 Å². The summed E-state index contributed by atoms with van der Waals surface area (Å²) in [6.45, 7) is 0.569. The van der Waals surface area contributed by atoms with E-state index in [1.807, 2.05) is 0 Å². The maximum Gasteiger partial charge on any atom is 0.349 e. The molecule has 0 aliphatic carbocycles. The van der Waals surface area contributed by atoms with Crippen molar-refractivity contribution >= 4 is 27.9 Å². The van der Waals surface area contributed by atoms with Gasteiger partial charge in [-0.3, -0.25) is 4.79 Å². The second-order valence-electron chi connectivity index (χ2n) is 6.80. The second-order valence-corrected chi connectivity index (χ2v) is 8.68. The standard InChI is InChI=1S/C23H26O10S/c1-15(24)32-13-23(25)33-22-10-16(6-7-19(22)29-3)14-34(26,27)9-8-18-20(30-4)11-17(28-2)12-21(18)31-5/h6-12H,13-14H2,1-5H3. The highest BCUT2D eigenvalue weighted by Gasteiger charge is 2.17. The molecule has 0 atom stereocenters. The zero-order valence-corrected chi connectivity index (χ0v) is 20.3. The summed E-state index contributed by atoms with van der Waals surface area (Å²) >= 11 is 0. The first-order chi connectivity index (χ1) is 16.1. The van der Waals surface area contributed by atoms with E-state index in [0.29, 0.717) is 28.4 Å². The van der Waals surface area contributed by atoms with E-state index in [-0.39, 0.29) is 17.3 Å². The molecule has 0 radical (unpaired) electrons. The van der Waals surface area contributed by atoms with E-state index >= 15 is 0 Å². The summed E-state index contributed by atoms with van der Waals surface area (Å²) in [7, 11) is 1.99. The predicted octanol–water partition coefficient (Wildman–Crippen LogP) is 2.78. The Hall–Kier alpha value is -3.73. The molecule has 0 aliphatic heterocycles. The van der Waals surface area contributed by atoms with Crippen LogP contribution in [0.5, 0.6) is 28.7 Å². The Morgan fingerprint density at radius 2 is 1.47 bits per heavy atom. The minimum absolute atomic E-state index is 0.00479.